The van der Waals surface area contributed by atoms with Crippen LogP contribution in [0.15, 0.2) is 59.5 Å². The fourth-order valence-electron chi connectivity index (χ4n) is 5.08. The minimum Gasteiger partial charge on any atom is -0.508 e. The molecule has 0 saturated carbocycles. The molecule has 2 atom stereocenters. The molecular formula is C29H27F7N2O3S. The highest BCUT2D eigenvalue weighted by Gasteiger charge is 2.38. The van der Waals surface area contributed by atoms with Gasteiger partial charge in [0.15, 0.2) is 0 Å². The van der Waals surface area contributed by atoms with E-state index in [4.69, 9.17) is 0 Å². The Bertz CT molecular complexity index is 1410. The second-order valence-electron chi connectivity index (χ2n) is 10.2. The minimum absolute atomic E-state index is 0.0350. The number of hydrogen-bond donors (Lipinski definition) is 2. The standard InChI is InChI=1S/C29H27F7N2O3S/c1-16-7-20(30)3-4-25(16)26-14-23(42-24-12-21(39)11-22(40)13-24)5-6-38(26)27(41)37(2)15-17-8-18(28(31,32)33)10-19(9-17)29(34,35)36/h3-4,7-13,23,26,39-40H,5-6,14-15H2,1-2H3/t23-,26+/m1/s1. The van der Waals surface area contributed by atoms with Crippen LogP contribution in [0.25, 0.3) is 0 Å². The highest BCUT2D eigenvalue weighted by atomic mass is 32.2. The summed E-state index contributed by atoms with van der Waals surface area (Å²) in [5.74, 6) is -0.727. The first kappa shape index (κ1) is 31.3. The SMILES string of the molecule is Cc1cc(F)ccc1[C@@H]1C[C@H](Sc2cc(O)cc(O)c2)CCN1C(=O)N(C)Cc1cc(C(F)(F)F)cc(C(F)(F)F)c1. The van der Waals surface area contributed by atoms with Gasteiger partial charge >= 0.3 is 18.4 Å². The zero-order valence-corrected chi connectivity index (χ0v) is 23.2. The van der Waals surface area contributed by atoms with Crippen LogP contribution in [-0.2, 0) is 18.9 Å². The fourth-order valence-corrected chi connectivity index (χ4v) is 6.34. The molecule has 3 aromatic rings. The highest BCUT2D eigenvalue weighted by Crippen LogP contribution is 2.42. The van der Waals surface area contributed by atoms with E-state index in [0.29, 0.717) is 41.0 Å². The largest absolute Gasteiger partial charge is 0.508 e. The predicted molar refractivity (Wildman–Crippen MR) is 143 cm³/mol. The van der Waals surface area contributed by atoms with Crippen molar-refractivity contribution in [2.24, 2.45) is 0 Å². The summed E-state index contributed by atoms with van der Waals surface area (Å²) < 4.78 is 94.0. The van der Waals surface area contributed by atoms with Crippen LogP contribution in [-0.4, -0.2) is 44.9 Å². The van der Waals surface area contributed by atoms with Gasteiger partial charge in [0.2, 0.25) is 0 Å². The fraction of sp³-hybridized carbons (Fsp3) is 0.345. The molecule has 2 amide bonds. The molecule has 0 bridgehead atoms. The molecule has 2 N–H and O–H groups in total. The maximum Gasteiger partial charge on any atom is 0.416 e. The van der Waals surface area contributed by atoms with Gasteiger partial charge in [-0.15, -0.1) is 11.8 Å². The molecule has 13 heteroatoms. The molecule has 42 heavy (non-hydrogen) atoms. The predicted octanol–water partition coefficient (Wildman–Crippen LogP) is 8.13. The normalized spacial score (nSPS) is 17.8. The highest BCUT2D eigenvalue weighted by molar-refractivity contribution is 8.00. The monoisotopic (exact) mass is 616 g/mol. The molecule has 3 aromatic carbocycles. The van der Waals surface area contributed by atoms with Crippen molar-refractivity contribution in [2.75, 3.05) is 13.6 Å². The Morgan fingerprint density at radius 1 is 0.952 bits per heavy atom. The lowest BCUT2D eigenvalue weighted by Gasteiger charge is -2.42. The Morgan fingerprint density at radius 2 is 1.55 bits per heavy atom. The summed E-state index contributed by atoms with van der Waals surface area (Å²) in [5, 5.41) is 19.6. The number of piperidine rings is 1. The number of carbonyl (C=O) groups excluding carboxylic acids is 1. The van der Waals surface area contributed by atoms with Crippen LogP contribution in [0.1, 0.15) is 46.7 Å². The van der Waals surface area contributed by atoms with Gasteiger partial charge in [0, 0.05) is 36.3 Å². The van der Waals surface area contributed by atoms with Gasteiger partial charge in [0.1, 0.15) is 17.3 Å². The lowest BCUT2D eigenvalue weighted by atomic mass is 9.92. The van der Waals surface area contributed by atoms with Crippen LogP contribution in [0.3, 0.4) is 0 Å². The van der Waals surface area contributed by atoms with Crippen LogP contribution in [0.2, 0.25) is 0 Å². The third-order valence-electron chi connectivity index (χ3n) is 6.96. The number of likely N-dealkylation sites (tertiary alicyclic amines) is 1. The first-order valence-electron chi connectivity index (χ1n) is 12.8. The van der Waals surface area contributed by atoms with Gasteiger partial charge < -0.3 is 20.0 Å². The summed E-state index contributed by atoms with van der Waals surface area (Å²) in [4.78, 5) is 16.8. The second-order valence-corrected chi connectivity index (χ2v) is 11.6. The molecule has 4 rings (SSSR count). The van der Waals surface area contributed by atoms with Crippen LogP contribution in [0.4, 0.5) is 35.5 Å². The van der Waals surface area contributed by atoms with E-state index in [9.17, 15) is 45.7 Å². The summed E-state index contributed by atoms with van der Waals surface area (Å²) in [6.07, 6.45) is -9.21. The van der Waals surface area contributed by atoms with Gasteiger partial charge in [-0.2, -0.15) is 26.3 Å². The first-order valence-corrected chi connectivity index (χ1v) is 13.6. The Hall–Kier alpha value is -3.61. The molecule has 5 nitrogen and oxygen atoms in total. The van der Waals surface area contributed by atoms with Crippen molar-refractivity contribution in [3.05, 3.63) is 88.2 Å². The third kappa shape index (κ3) is 7.42. The molecule has 0 aliphatic carbocycles. The molecule has 1 saturated heterocycles. The number of nitrogens with zero attached hydrogens (tertiary/aromatic N) is 2. The number of phenols is 2. The smallest absolute Gasteiger partial charge is 0.416 e. The van der Waals surface area contributed by atoms with Crippen molar-refractivity contribution in [3.8, 4) is 11.5 Å². The topological polar surface area (TPSA) is 64.0 Å². The van der Waals surface area contributed by atoms with E-state index in [1.807, 2.05) is 0 Å². The van der Waals surface area contributed by atoms with Gasteiger partial charge in [0.25, 0.3) is 0 Å². The molecule has 226 valence electrons. The maximum absolute atomic E-state index is 13.9. The van der Waals surface area contributed by atoms with Crippen molar-refractivity contribution in [2.45, 2.75) is 54.8 Å². The number of thioether (sulfide) groups is 1. The number of carbonyl (C=O) groups is 1. The van der Waals surface area contributed by atoms with Crippen molar-refractivity contribution in [1.29, 1.82) is 0 Å². The van der Waals surface area contributed by atoms with Crippen molar-refractivity contribution in [1.82, 2.24) is 9.80 Å². The summed E-state index contributed by atoms with van der Waals surface area (Å²) >= 11 is 1.37. The lowest BCUT2D eigenvalue weighted by molar-refractivity contribution is -0.143. The lowest BCUT2D eigenvalue weighted by Crippen LogP contribution is -2.47. The van der Waals surface area contributed by atoms with Crippen molar-refractivity contribution in [3.63, 3.8) is 0 Å². The molecule has 0 radical (unpaired) electrons. The van der Waals surface area contributed by atoms with E-state index in [1.54, 1.807) is 13.0 Å². The van der Waals surface area contributed by atoms with Gasteiger partial charge in [-0.05, 0) is 78.9 Å². The first-order chi connectivity index (χ1) is 19.5. The summed E-state index contributed by atoms with van der Waals surface area (Å²) in [7, 11) is 1.29. The number of amides is 2. The number of hydrogen-bond acceptors (Lipinski definition) is 4. The number of aryl methyl sites for hydroxylation is 1. The number of alkyl halides is 6. The zero-order chi connectivity index (χ0) is 31.0. The second kappa shape index (κ2) is 11.9. The van der Waals surface area contributed by atoms with E-state index in [2.05, 4.69) is 0 Å². The van der Waals surface area contributed by atoms with E-state index in [1.165, 1.54) is 54.0 Å². The number of halogens is 7. The van der Waals surface area contributed by atoms with E-state index in [0.717, 1.165) is 4.90 Å². The van der Waals surface area contributed by atoms with Gasteiger partial charge in [0.05, 0.1) is 17.2 Å². The van der Waals surface area contributed by atoms with Crippen LogP contribution in [0, 0.1) is 12.7 Å². The van der Waals surface area contributed by atoms with Crippen LogP contribution >= 0.6 is 11.8 Å². The van der Waals surface area contributed by atoms with Gasteiger partial charge in [-0.1, -0.05) is 6.07 Å². The Balaban J connectivity index is 1.61. The average molecular weight is 617 g/mol. The van der Waals surface area contributed by atoms with Crippen molar-refractivity contribution >= 4 is 17.8 Å². The number of urea groups is 1. The zero-order valence-electron chi connectivity index (χ0n) is 22.4. The summed E-state index contributed by atoms with van der Waals surface area (Å²) in [5.41, 5.74) is -2.07. The minimum atomic E-state index is -5.02. The molecule has 0 unspecified atom stereocenters. The van der Waals surface area contributed by atoms with Crippen LogP contribution in [0.5, 0.6) is 11.5 Å². The molecular weight excluding hydrogens is 589 g/mol. The quantitative estimate of drug-likeness (QED) is 0.284. The van der Waals surface area contributed by atoms with Crippen molar-refractivity contribution < 1.29 is 45.7 Å². The van der Waals surface area contributed by atoms with E-state index < -0.39 is 47.9 Å². The number of benzene rings is 3. The molecule has 1 heterocycles. The number of aromatic hydroxyl groups is 2. The van der Waals surface area contributed by atoms with Gasteiger partial charge in [-0.3, -0.25) is 0 Å². The summed E-state index contributed by atoms with van der Waals surface area (Å²) in [6.45, 7) is 1.35. The molecule has 1 aliphatic rings. The van der Waals surface area contributed by atoms with Crippen LogP contribution < -0.4 is 0 Å². The molecule has 0 spiro atoms. The molecule has 1 aliphatic heterocycles. The Kier molecular flexibility index (Phi) is 8.91. The van der Waals surface area contributed by atoms with Gasteiger partial charge in [-0.25, -0.2) is 9.18 Å². The Morgan fingerprint density at radius 3 is 2.10 bits per heavy atom. The molecule has 0 aromatic heterocycles. The van der Waals surface area contributed by atoms with E-state index >= 15 is 0 Å². The summed E-state index contributed by atoms with van der Waals surface area (Å²) in [6, 6.07) is 8.27. The Labute approximate surface area is 241 Å². The maximum atomic E-state index is 13.9. The van der Waals surface area contributed by atoms with E-state index in [-0.39, 0.29) is 34.9 Å². The number of phenolic OH excluding ortho intramolecular Hbond substituents is 2. The average Bonchev–Trinajstić information content (AvgIpc) is 2.86. The third-order valence-corrected chi connectivity index (χ3v) is 8.23. The molecule has 1 fully saturated rings. The number of rotatable bonds is 5.